The van der Waals surface area contributed by atoms with Crippen LogP contribution in [0.25, 0.3) is 0 Å². The fourth-order valence-electron chi connectivity index (χ4n) is 4.39. The summed E-state index contributed by atoms with van der Waals surface area (Å²) in [6.45, 7) is 6.02. The highest BCUT2D eigenvalue weighted by Gasteiger charge is 2.33. The highest BCUT2D eigenvalue weighted by Crippen LogP contribution is 2.34. The van der Waals surface area contributed by atoms with Crippen LogP contribution in [0.3, 0.4) is 0 Å². The lowest BCUT2D eigenvalue weighted by Gasteiger charge is -2.39. The van der Waals surface area contributed by atoms with Crippen LogP contribution in [-0.4, -0.2) is 58.4 Å². The fraction of sp³-hybridized carbons (Fsp3) is 0.360. The highest BCUT2D eigenvalue weighted by molar-refractivity contribution is 6.30. The molecule has 0 radical (unpaired) electrons. The van der Waals surface area contributed by atoms with Crippen molar-refractivity contribution in [2.24, 2.45) is 0 Å². The zero-order valence-electron chi connectivity index (χ0n) is 19.2. The van der Waals surface area contributed by atoms with Crippen LogP contribution in [0.5, 0.6) is 5.75 Å². The molecule has 1 aliphatic heterocycles. The summed E-state index contributed by atoms with van der Waals surface area (Å²) in [6.07, 6.45) is 1.22. The smallest absolute Gasteiger partial charge is 0.409 e. The second kappa shape index (κ2) is 10.4. The number of piperazine rings is 1. The van der Waals surface area contributed by atoms with Crippen LogP contribution in [0.4, 0.5) is 4.79 Å². The van der Waals surface area contributed by atoms with Crippen LogP contribution in [0, 0.1) is 6.92 Å². The fourth-order valence-corrected chi connectivity index (χ4v) is 4.59. The van der Waals surface area contributed by atoms with Crippen molar-refractivity contribution in [1.82, 2.24) is 14.4 Å². The number of nitrogens with zero attached hydrogens (tertiary/aromatic N) is 3. The molecule has 1 aromatic carbocycles. The molecule has 34 heavy (non-hydrogen) atoms. The first kappa shape index (κ1) is 23.9. The van der Waals surface area contributed by atoms with E-state index in [4.69, 9.17) is 20.8 Å². The maximum Gasteiger partial charge on any atom is 0.409 e. The van der Waals surface area contributed by atoms with Crippen molar-refractivity contribution in [2.75, 3.05) is 32.8 Å². The van der Waals surface area contributed by atoms with Crippen molar-refractivity contribution in [3.8, 4) is 5.75 Å². The van der Waals surface area contributed by atoms with Gasteiger partial charge in [0.2, 0.25) is 0 Å². The lowest BCUT2D eigenvalue weighted by atomic mass is 9.96. The minimum absolute atomic E-state index is 0.0732. The molecule has 0 aliphatic carbocycles. The third-order valence-electron chi connectivity index (χ3n) is 6.06. The van der Waals surface area contributed by atoms with Gasteiger partial charge in [0.1, 0.15) is 11.5 Å². The van der Waals surface area contributed by atoms with Crippen molar-refractivity contribution < 1.29 is 19.1 Å². The Morgan fingerprint density at radius 2 is 1.94 bits per heavy atom. The molecule has 9 heteroatoms. The molecular formula is C25H28ClN3O5. The van der Waals surface area contributed by atoms with Gasteiger partial charge in [-0.25, -0.2) is 4.79 Å². The second-order valence-electron chi connectivity index (χ2n) is 8.23. The van der Waals surface area contributed by atoms with Crippen LogP contribution in [0.15, 0.2) is 57.9 Å². The average Bonchev–Trinajstić information content (AvgIpc) is 3.33. The van der Waals surface area contributed by atoms with E-state index in [0.717, 1.165) is 5.56 Å². The summed E-state index contributed by atoms with van der Waals surface area (Å²) in [5.41, 5.74) is 1.38. The van der Waals surface area contributed by atoms with Gasteiger partial charge < -0.3 is 23.7 Å². The number of pyridine rings is 1. The van der Waals surface area contributed by atoms with Crippen LogP contribution >= 0.6 is 11.6 Å². The maximum atomic E-state index is 13.8. The Morgan fingerprint density at radius 3 is 2.59 bits per heavy atom. The SMILES string of the molecule is CCOC(=O)N1CCN([C@H](c2cccc(Cl)c2)c2c(O)cc(C)n(Cc3ccco3)c2=O)CC1. The molecule has 0 spiro atoms. The van der Waals surface area contributed by atoms with E-state index < -0.39 is 6.04 Å². The number of amides is 1. The Balaban J connectivity index is 1.75. The first-order chi connectivity index (χ1) is 16.4. The summed E-state index contributed by atoms with van der Waals surface area (Å²) in [5, 5.41) is 11.5. The van der Waals surface area contributed by atoms with Crippen molar-refractivity contribution in [3.05, 3.63) is 86.7 Å². The number of hydrogen-bond acceptors (Lipinski definition) is 6. The van der Waals surface area contributed by atoms with Crippen LogP contribution < -0.4 is 5.56 Å². The number of ether oxygens (including phenoxy) is 1. The topological polar surface area (TPSA) is 88.2 Å². The number of furan rings is 1. The largest absolute Gasteiger partial charge is 0.507 e. The lowest BCUT2D eigenvalue weighted by Crippen LogP contribution is -2.50. The first-order valence-corrected chi connectivity index (χ1v) is 11.6. The molecule has 180 valence electrons. The standard InChI is InChI=1S/C25H28ClN3O5/c1-3-33-25(32)28-11-9-27(10-12-28)23(18-6-4-7-19(26)15-18)22-21(30)14-17(2)29(24(22)31)16-20-8-5-13-34-20/h4-8,13-15,23,30H,3,9-12,16H2,1-2H3/t23-/m1/s1. The molecule has 4 rings (SSSR count). The van der Waals surface area contributed by atoms with E-state index in [-0.39, 0.29) is 29.5 Å². The molecule has 1 aliphatic rings. The average molecular weight is 486 g/mol. The van der Waals surface area contributed by atoms with Crippen molar-refractivity contribution in [1.29, 1.82) is 0 Å². The number of aryl methyl sites for hydroxylation is 1. The molecular weight excluding hydrogens is 458 g/mol. The summed E-state index contributed by atoms with van der Waals surface area (Å²) in [6, 6.07) is 11.9. The number of aromatic hydroxyl groups is 1. The Morgan fingerprint density at radius 1 is 1.18 bits per heavy atom. The van der Waals surface area contributed by atoms with Gasteiger partial charge in [0.15, 0.2) is 0 Å². The number of aromatic nitrogens is 1. The zero-order chi connectivity index (χ0) is 24.2. The molecule has 1 amide bonds. The first-order valence-electron chi connectivity index (χ1n) is 11.3. The van der Waals surface area contributed by atoms with Crippen LogP contribution in [-0.2, 0) is 11.3 Å². The Kier molecular flexibility index (Phi) is 7.29. The van der Waals surface area contributed by atoms with E-state index in [1.54, 1.807) is 53.8 Å². The Labute approximate surface area is 202 Å². The molecule has 2 aromatic heterocycles. The van der Waals surface area contributed by atoms with E-state index in [9.17, 15) is 14.7 Å². The van der Waals surface area contributed by atoms with Gasteiger partial charge in [0.05, 0.1) is 31.0 Å². The van der Waals surface area contributed by atoms with E-state index in [2.05, 4.69) is 4.90 Å². The lowest BCUT2D eigenvalue weighted by molar-refractivity contribution is 0.0709. The third-order valence-corrected chi connectivity index (χ3v) is 6.30. The predicted molar refractivity (Wildman–Crippen MR) is 128 cm³/mol. The van der Waals surface area contributed by atoms with Gasteiger partial charge in [-0.15, -0.1) is 0 Å². The molecule has 8 nitrogen and oxygen atoms in total. The van der Waals surface area contributed by atoms with Crippen molar-refractivity contribution in [3.63, 3.8) is 0 Å². The van der Waals surface area contributed by atoms with Gasteiger partial charge >= 0.3 is 6.09 Å². The quantitative estimate of drug-likeness (QED) is 0.567. The van der Waals surface area contributed by atoms with E-state index in [1.165, 1.54) is 0 Å². The van der Waals surface area contributed by atoms with Gasteiger partial charge in [-0.1, -0.05) is 23.7 Å². The van der Waals surface area contributed by atoms with Gasteiger partial charge in [-0.2, -0.15) is 0 Å². The zero-order valence-corrected chi connectivity index (χ0v) is 20.0. The predicted octanol–water partition coefficient (Wildman–Crippen LogP) is 4.02. The molecule has 1 saturated heterocycles. The number of carbonyl (C=O) groups is 1. The summed E-state index contributed by atoms with van der Waals surface area (Å²) in [7, 11) is 0. The molecule has 0 unspecified atom stereocenters. The summed E-state index contributed by atoms with van der Waals surface area (Å²) < 4.78 is 12.2. The molecule has 0 bridgehead atoms. The van der Waals surface area contributed by atoms with Gasteiger partial charge in [0, 0.05) is 36.9 Å². The normalized spacial score (nSPS) is 15.3. The Hall–Kier alpha value is -3.23. The Bertz CT molecular complexity index is 1200. The van der Waals surface area contributed by atoms with Crippen LogP contribution in [0.2, 0.25) is 5.02 Å². The summed E-state index contributed by atoms with van der Waals surface area (Å²) in [5.74, 6) is 0.570. The molecule has 3 aromatic rings. The highest BCUT2D eigenvalue weighted by atomic mass is 35.5. The minimum atomic E-state index is -0.543. The van der Waals surface area contributed by atoms with E-state index >= 15 is 0 Å². The van der Waals surface area contributed by atoms with Gasteiger partial charge in [-0.05, 0) is 49.7 Å². The molecule has 1 fully saturated rings. The van der Waals surface area contributed by atoms with E-state index in [1.807, 2.05) is 18.2 Å². The third kappa shape index (κ3) is 4.98. The molecule has 3 heterocycles. The number of hydrogen-bond donors (Lipinski definition) is 1. The number of halogens is 1. The summed E-state index contributed by atoms with van der Waals surface area (Å²) in [4.78, 5) is 29.7. The van der Waals surface area contributed by atoms with Crippen molar-refractivity contribution >= 4 is 17.7 Å². The van der Waals surface area contributed by atoms with Gasteiger partial charge in [0.25, 0.3) is 5.56 Å². The van der Waals surface area contributed by atoms with Crippen molar-refractivity contribution in [2.45, 2.75) is 26.4 Å². The minimum Gasteiger partial charge on any atom is -0.507 e. The van der Waals surface area contributed by atoms with Crippen LogP contribution in [0.1, 0.15) is 35.5 Å². The number of rotatable bonds is 6. The molecule has 0 saturated carbocycles. The summed E-state index contributed by atoms with van der Waals surface area (Å²) >= 11 is 6.30. The van der Waals surface area contributed by atoms with E-state index in [0.29, 0.717) is 49.3 Å². The van der Waals surface area contributed by atoms with Gasteiger partial charge in [-0.3, -0.25) is 9.69 Å². The monoisotopic (exact) mass is 485 g/mol. The maximum absolute atomic E-state index is 13.8. The number of benzene rings is 1. The molecule has 1 atom stereocenters. The second-order valence-corrected chi connectivity index (χ2v) is 8.67. The number of carbonyl (C=O) groups excluding carboxylic acids is 1. The molecule has 1 N–H and O–H groups in total.